The van der Waals surface area contributed by atoms with Crippen molar-refractivity contribution in [1.82, 2.24) is 14.5 Å². The Bertz CT molecular complexity index is 745. The fourth-order valence-electron chi connectivity index (χ4n) is 2.29. The maximum absolute atomic E-state index is 12.2. The van der Waals surface area contributed by atoms with Gasteiger partial charge in [-0.3, -0.25) is 9.59 Å². The summed E-state index contributed by atoms with van der Waals surface area (Å²) in [7, 11) is 0. The first-order valence-electron chi connectivity index (χ1n) is 6.12. The van der Waals surface area contributed by atoms with Gasteiger partial charge < -0.3 is 10.1 Å². The fourth-order valence-corrected chi connectivity index (χ4v) is 2.29. The van der Waals surface area contributed by atoms with Gasteiger partial charge >= 0.3 is 5.82 Å². The molecule has 0 saturated carbocycles. The monoisotopic (exact) mass is 286 g/mol. The summed E-state index contributed by atoms with van der Waals surface area (Å²) in [5.41, 5.74) is 0.617. The number of amides is 2. The van der Waals surface area contributed by atoms with Crippen LogP contribution in [0, 0.1) is 17.0 Å². The summed E-state index contributed by atoms with van der Waals surface area (Å²) in [5.74, 6) is -0.821. The number of aromatic nitrogens is 2. The molecule has 3 rings (SSSR count). The number of hydrogen-bond donors (Lipinski definition) is 0. The van der Waals surface area contributed by atoms with Gasteiger partial charge in [0, 0.05) is 6.92 Å². The van der Waals surface area contributed by atoms with Gasteiger partial charge in [0.2, 0.25) is 0 Å². The second-order valence-electron chi connectivity index (χ2n) is 4.57. The SMILES string of the molecule is Cc1ncc([N+](=O)[O-])n1CN1C(=O)c2ccccc2C1=O. The summed E-state index contributed by atoms with van der Waals surface area (Å²) in [6.45, 7) is 1.35. The number of fused-ring (bicyclic) bond motifs is 1. The Morgan fingerprint density at radius 3 is 2.29 bits per heavy atom. The average Bonchev–Trinajstić information content (AvgIpc) is 2.94. The molecule has 0 radical (unpaired) electrons. The third kappa shape index (κ3) is 1.88. The zero-order valence-electron chi connectivity index (χ0n) is 11.0. The molecule has 0 bridgehead atoms. The lowest BCUT2D eigenvalue weighted by Crippen LogP contribution is -2.32. The standard InChI is InChI=1S/C13H10N4O4/c1-8-14-6-11(17(20)21)15(8)7-16-12(18)9-4-2-3-5-10(9)13(16)19/h2-6H,7H2,1H3. The van der Waals surface area contributed by atoms with Crippen molar-refractivity contribution < 1.29 is 14.5 Å². The van der Waals surface area contributed by atoms with E-state index in [1.165, 1.54) is 4.57 Å². The lowest BCUT2D eigenvalue weighted by Gasteiger charge is -2.12. The van der Waals surface area contributed by atoms with Crippen LogP contribution in [0.2, 0.25) is 0 Å². The number of rotatable bonds is 3. The van der Waals surface area contributed by atoms with E-state index in [0.29, 0.717) is 17.0 Å². The highest BCUT2D eigenvalue weighted by molar-refractivity contribution is 6.21. The Morgan fingerprint density at radius 1 is 1.19 bits per heavy atom. The largest absolute Gasteiger partial charge is 0.358 e. The lowest BCUT2D eigenvalue weighted by molar-refractivity contribution is -0.392. The van der Waals surface area contributed by atoms with Gasteiger partial charge in [-0.25, -0.2) is 9.88 Å². The molecular weight excluding hydrogens is 276 g/mol. The molecule has 8 heteroatoms. The van der Waals surface area contributed by atoms with E-state index in [1.807, 2.05) is 0 Å². The van der Waals surface area contributed by atoms with Crippen LogP contribution in [0.4, 0.5) is 5.82 Å². The van der Waals surface area contributed by atoms with Crippen LogP contribution in [0.25, 0.3) is 0 Å². The highest BCUT2D eigenvalue weighted by atomic mass is 16.6. The molecule has 0 spiro atoms. The number of nitro groups is 1. The zero-order chi connectivity index (χ0) is 15.1. The van der Waals surface area contributed by atoms with Gasteiger partial charge in [0.1, 0.15) is 6.20 Å². The van der Waals surface area contributed by atoms with Gasteiger partial charge in [-0.05, 0) is 17.1 Å². The highest BCUT2D eigenvalue weighted by Gasteiger charge is 2.37. The third-order valence-electron chi connectivity index (χ3n) is 3.38. The van der Waals surface area contributed by atoms with Crippen LogP contribution in [0.15, 0.2) is 30.5 Å². The predicted octanol–water partition coefficient (Wildman–Crippen LogP) is 1.35. The Hall–Kier alpha value is -3.03. The number of carbonyl (C=O) groups excluding carboxylic acids is 2. The van der Waals surface area contributed by atoms with Crippen molar-refractivity contribution in [3.05, 3.63) is 57.5 Å². The van der Waals surface area contributed by atoms with Gasteiger partial charge in [0.25, 0.3) is 11.8 Å². The number of carbonyl (C=O) groups is 2. The summed E-state index contributed by atoms with van der Waals surface area (Å²) >= 11 is 0. The Labute approximate surface area is 118 Å². The fraction of sp³-hybridized carbons (Fsp3) is 0.154. The van der Waals surface area contributed by atoms with Crippen LogP contribution in [0.3, 0.4) is 0 Å². The van der Waals surface area contributed by atoms with E-state index >= 15 is 0 Å². The van der Waals surface area contributed by atoms with Crippen molar-refractivity contribution in [2.75, 3.05) is 0 Å². The van der Waals surface area contributed by atoms with Gasteiger partial charge in [0.05, 0.1) is 11.1 Å². The minimum Gasteiger partial charge on any atom is -0.358 e. The van der Waals surface area contributed by atoms with Crippen molar-refractivity contribution in [3.63, 3.8) is 0 Å². The van der Waals surface area contributed by atoms with Crippen molar-refractivity contribution in [3.8, 4) is 0 Å². The molecule has 8 nitrogen and oxygen atoms in total. The maximum Gasteiger partial charge on any atom is 0.344 e. The summed E-state index contributed by atoms with van der Waals surface area (Å²) in [5, 5.41) is 10.9. The minimum atomic E-state index is -0.599. The van der Waals surface area contributed by atoms with E-state index in [1.54, 1.807) is 31.2 Å². The molecule has 21 heavy (non-hydrogen) atoms. The highest BCUT2D eigenvalue weighted by Crippen LogP contribution is 2.24. The van der Waals surface area contributed by atoms with Gasteiger partial charge in [0.15, 0.2) is 12.5 Å². The molecule has 2 aromatic rings. The molecule has 0 aliphatic carbocycles. The molecule has 2 amide bonds. The number of imide groups is 1. The third-order valence-corrected chi connectivity index (χ3v) is 3.38. The van der Waals surface area contributed by atoms with Crippen molar-refractivity contribution in [2.45, 2.75) is 13.6 Å². The van der Waals surface area contributed by atoms with Crippen molar-refractivity contribution >= 4 is 17.6 Å². The molecule has 106 valence electrons. The van der Waals surface area contributed by atoms with Gasteiger partial charge in [-0.15, -0.1) is 0 Å². The van der Waals surface area contributed by atoms with E-state index in [4.69, 9.17) is 0 Å². The Kier molecular flexibility index (Phi) is 2.79. The minimum absolute atomic E-state index is 0.228. The van der Waals surface area contributed by atoms with Gasteiger partial charge in [-0.2, -0.15) is 4.57 Å². The molecule has 0 saturated heterocycles. The smallest absolute Gasteiger partial charge is 0.344 e. The normalized spacial score (nSPS) is 13.7. The quantitative estimate of drug-likeness (QED) is 0.482. The second kappa shape index (κ2) is 4.51. The summed E-state index contributed by atoms with van der Waals surface area (Å²) < 4.78 is 1.22. The van der Waals surface area contributed by atoms with Crippen LogP contribution in [0.1, 0.15) is 26.5 Å². The molecular formula is C13H10N4O4. The number of imidazole rings is 1. The summed E-state index contributed by atoms with van der Waals surface area (Å²) in [4.78, 5) is 39.6. The molecule has 1 aromatic heterocycles. The van der Waals surface area contributed by atoms with E-state index < -0.39 is 16.7 Å². The maximum atomic E-state index is 12.2. The van der Waals surface area contributed by atoms with Crippen molar-refractivity contribution in [1.29, 1.82) is 0 Å². The molecule has 0 N–H and O–H groups in total. The van der Waals surface area contributed by atoms with Crippen molar-refractivity contribution in [2.24, 2.45) is 0 Å². The molecule has 1 aromatic carbocycles. The molecule has 2 heterocycles. The summed E-state index contributed by atoms with van der Waals surface area (Å²) in [6.07, 6.45) is 1.10. The first kappa shape index (κ1) is 13.0. The van der Waals surface area contributed by atoms with Crippen LogP contribution in [-0.2, 0) is 6.67 Å². The van der Waals surface area contributed by atoms with Crippen LogP contribution in [-0.4, -0.2) is 31.2 Å². The predicted molar refractivity (Wildman–Crippen MR) is 70.6 cm³/mol. The number of hydrogen-bond acceptors (Lipinski definition) is 5. The lowest BCUT2D eigenvalue weighted by atomic mass is 10.1. The topological polar surface area (TPSA) is 98.3 Å². The van der Waals surface area contributed by atoms with Crippen LogP contribution >= 0.6 is 0 Å². The Morgan fingerprint density at radius 2 is 1.76 bits per heavy atom. The number of aryl methyl sites for hydroxylation is 1. The average molecular weight is 286 g/mol. The molecule has 0 atom stereocenters. The van der Waals surface area contributed by atoms with Crippen LogP contribution in [0.5, 0.6) is 0 Å². The van der Waals surface area contributed by atoms with E-state index in [2.05, 4.69) is 4.98 Å². The number of nitrogens with zero attached hydrogens (tertiary/aromatic N) is 4. The molecule has 0 fully saturated rings. The first-order chi connectivity index (χ1) is 10.0. The van der Waals surface area contributed by atoms with E-state index in [0.717, 1.165) is 11.1 Å². The first-order valence-corrected chi connectivity index (χ1v) is 6.12. The second-order valence-corrected chi connectivity index (χ2v) is 4.57. The van der Waals surface area contributed by atoms with Crippen LogP contribution < -0.4 is 0 Å². The molecule has 1 aliphatic heterocycles. The number of benzene rings is 1. The van der Waals surface area contributed by atoms with Gasteiger partial charge in [-0.1, -0.05) is 12.1 Å². The summed E-state index contributed by atoms with van der Waals surface area (Å²) in [6, 6.07) is 6.45. The molecule has 1 aliphatic rings. The van der Waals surface area contributed by atoms with E-state index in [-0.39, 0.29) is 12.5 Å². The zero-order valence-corrected chi connectivity index (χ0v) is 11.0. The Balaban J connectivity index is 1.98. The molecule has 0 unspecified atom stereocenters. The van der Waals surface area contributed by atoms with E-state index in [9.17, 15) is 19.7 Å².